The van der Waals surface area contributed by atoms with Gasteiger partial charge in [0.1, 0.15) is 0 Å². The predicted molar refractivity (Wildman–Crippen MR) is 213 cm³/mol. The van der Waals surface area contributed by atoms with Gasteiger partial charge in [0.15, 0.2) is 0 Å². The van der Waals surface area contributed by atoms with Crippen molar-refractivity contribution >= 4 is 67.7 Å². The summed E-state index contributed by atoms with van der Waals surface area (Å²) < 4.78 is 30.4. The standard InChI is InChI=1S/C19H26ClN3O3S2.C19H25ClN2OS/c1-19(2,3)18(24)23-13(7-8-14-9-10-17(20)27-14)12-15(21-23)16-6-5-11-22(16)28(4,25)26;1-19(2,3)18(23)22-14(8-9-15-10-11-17(20)24-15)12-16(21-22)13-6-4-5-7-13/h9-10,12,16H,5-8,11H2,1-4H3;10-13H,4-9H2,1-3H3. The Labute approximate surface area is 326 Å². The highest BCUT2D eigenvalue weighted by Gasteiger charge is 2.36. The lowest BCUT2D eigenvalue weighted by Gasteiger charge is -2.20. The zero-order chi connectivity index (χ0) is 38.0. The Hall–Kier alpha value is -2.35. The van der Waals surface area contributed by atoms with Crippen molar-refractivity contribution in [2.75, 3.05) is 12.8 Å². The number of hydrogen-bond donors (Lipinski definition) is 0. The maximum atomic E-state index is 13.0. The summed E-state index contributed by atoms with van der Waals surface area (Å²) in [6.07, 6.45) is 10.8. The number of nitrogens with zero attached hydrogens (tertiary/aromatic N) is 5. The third-order valence-corrected chi connectivity index (χ3v) is 13.4. The highest BCUT2D eigenvalue weighted by molar-refractivity contribution is 7.88. The normalized spacial score (nSPS) is 17.4. The van der Waals surface area contributed by atoms with E-state index in [1.54, 1.807) is 16.0 Å². The molecule has 4 aromatic rings. The molecule has 284 valence electrons. The lowest BCUT2D eigenvalue weighted by molar-refractivity contribution is 0.0738. The van der Waals surface area contributed by atoms with Gasteiger partial charge < -0.3 is 0 Å². The zero-order valence-corrected chi connectivity index (χ0v) is 35.2. The Balaban J connectivity index is 0.000000203. The molecule has 2 fully saturated rings. The van der Waals surface area contributed by atoms with Crippen molar-refractivity contribution in [3.63, 3.8) is 0 Å². The minimum Gasteiger partial charge on any atom is -0.272 e. The molecule has 2 aliphatic rings. The highest BCUT2D eigenvalue weighted by atomic mass is 35.5. The molecule has 6 rings (SSSR count). The number of carbonyl (C=O) groups excluding carboxylic acids is 2. The quantitative estimate of drug-likeness (QED) is 0.167. The second kappa shape index (κ2) is 16.6. The summed E-state index contributed by atoms with van der Waals surface area (Å²) in [4.78, 5) is 28.2. The molecule has 9 nitrogen and oxygen atoms in total. The molecule has 1 saturated carbocycles. The fraction of sp³-hybridized carbons (Fsp3) is 0.579. The first-order valence-corrected chi connectivity index (χ1v) is 22.3. The second-order valence-corrected chi connectivity index (χ2v) is 21.5. The van der Waals surface area contributed by atoms with E-state index in [4.69, 9.17) is 28.3 Å². The van der Waals surface area contributed by atoms with Gasteiger partial charge in [0, 0.05) is 44.4 Å². The van der Waals surface area contributed by atoms with E-state index in [0.29, 0.717) is 31.0 Å². The van der Waals surface area contributed by atoms with E-state index in [2.05, 4.69) is 17.2 Å². The van der Waals surface area contributed by atoms with Crippen LogP contribution >= 0.6 is 45.9 Å². The van der Waals surface area contributed by atoms with Crippen LogP contribution < -0.4 is 0 Å². The Morgan fingerprint density at radius 2 is 1.19 bits per heavy atom. The fourth-order valence-electron chi connectivity index (χ4n) is 6.72. The summed E-state index contributed by atoms with van der Waals surface area (Å²) in [6, 6.07) is 11.6. The molecule has 1 aliphatic carbocycles. The number of thiophene rings is 2. The van der Waals surface area contributed by atoms with E-state index in [9.17, 15) is 18.0 Å². The van der Waals surface area contributed by atoms with Crippen molar-refractivity contribution in [3.8, 4) is 0 Å². The third-order valence-electron chi connectivity index (χ3n) is 9.53. The Morgan fingerprint density at radius 1 is 0.731 bits per heavy atom. The van der Waals surface area contributed by atoms with Gasteiger partial charge in [-0.1, -0.05) is 77.6 Å². The predicted octanol–water partition coefficient (Wildman–Crippen LogP) is 9.89. The molecule has 0 amide bonds. The SMILES string of the molecule is CC(C)(C)C(=O)n1nc(C2CCCC2)cc1CCc1ccc(Cl)s1.CC(C)(C)C(=O)n1nc(C2CCCN2S(C)(=O)=O)cc1CCc1ccc(Cl)s1. The minimum atomic E-state index is -3.32. The smallest absolute Gasteiger partial charge is 0.252 e. The molecule has 0 bridgehead atoms. The van der Waals surface area contributed by atoms with Gasteiger partial charge in [0.05, 0.1) is 32.4 Å². The molecule has 0 N–H and O–H groups in total. The van der Waals surface area contributed by atoms with E-state index >= 15 is 0 Å². The maximum Gasteiger partial charge on any atom is 0.252 e. The molecule has 1 saturated heterocycles. The van der Waals surface area contributed by atoms with Crippen LogP contribution in [0.15, 0.2) is 36.4 Å². The van der Waals surface area contributed by atoms with Gasteiger partial charge in [-0.2, -0.15) is 14.5 Å². The molecule has 0 spiro atoms. The average Bonchev–Trinajstić information content (AvgIpc) is 3.88. The van der Waals surface area contributed by atoms with Gasteiger partial charge in [0.25, 0.3) is 11.8 Å². The largest absolute Gasteiger partial charge is 0.272 e. The first kappa shape index (κ1) is 40.8. The summed E-state index contributed by atoms with van der Waals surface area (Å²) in [5.41, 5.74) is 2.57. The summed E-state index contributed by atoms with van der Waals surface area (Å²) >= 11 is 15.2. The molecule has 1 unspecified atom stereocenters. The molecule has 52 heavy (non-hydrogen) atoms. The molecule has 0 radical (unpaired) electrons. The average molecular weight is 809 g/mol. The van der Waals surface area contributed by atoms with Gasteiger partial charge in [-0.3, -0.25) is 9.59 Å². The van der Waals surface area contributed by atoms with E-state index in [0.717, 1.165) is 56.3 Å². The van der Waals surface area contributed by atoms with Gasteiger partial charge in [-0.05, 0) is 87.8 Å². The Morgan fingerprint density at radius 3 is 1.62 bits per heavy atom. The molecule has 0 aromatic carbocycles. The van der Waals surface area contributed by atoms with Crippen LogP contribution in [-0.4, -0.2) is 56.9 Å². The first-order valence-electron chi connectivity index (χ1n) is 18.0. The number of aromatic nitrogens is 4. The zero-order valence-electron chi connectivity index (χ0n) is 31.2. The highest BCUT2D eigenvalue weighted by Crippen LogP contribution is 2.36. The monoisotopic (exact) mass is 807 g/mol. The van der Waals surface area contributed by atoms with Crippen LogP contribution in [0.2, 0.25) is 8.67 Å². The van der Waals surface area contributed by atoms with Gasteiger partial charge in [-0.25, -0.2) is 17.8 Å². The third kappa shape index (κ3) is 10.2. The van der Waals surface area contributed by atoms with Gasteiger partial charge in [0.2, 0.25) is 10.0 Å². The number of halogens is 2. The molecular weight excluding hydrogens is 758 g/mol. The summed E-state index contributed by atoms with van der Waals surface area (Å²) in [5, 5.41) is 9.30. The molecule has 5 heterocycles. The molecule has 14 heteroatoms. The topological polar surface area (TPSA) is 107 Å². The van der Waals surface area contributed by atoms with Gasteiger partial charge in [-0.15, -0.1) is 22.7 Å². The van der Waals surface area contributed by atoms with Crippen molar-refractivity contribution < 1.29 is 18.0 Å². The number of sulfonamides is 1. The van der Waals surface area contributed by atoms with Crippen LogP contribution in [0, 0.1) is 10.8 Å². The molecule has 4 aromatic heterocycles. The summed E-state index contributed by atoms with van der Waals surface area (Å²) in [6.45, 7) is 11.9. The first-order chi connectivity index (χ1) is 24.3. The maximum absolute atomic E-state index is 13.0. The van der Waals surface area contributed by atoms with Crippen LogP contribution in [0.3, 0.4) is 0 Å². The number of hydrogen-bond acceptors (Lipinski definition) is 8. The molecular formula is C38H51Cl2N5O4S3. The fourth-order valence-corrected chi connectivity index (χ4v) is 10.0. The Bertz CT molecular complexity index is 1970. The van der Waals surface area contributed by atoms with Crippen molar-refractivity contribution in [3.05, 3.63) is 77.6 Å². The summed E-state index contributed by atoms with van der Waals surface area (Å²) in [7, 11) is -3.32. The number of carbonyl (C=O) groups is 2. The number of aryl methyl sites for hydroxylation is 4. The van der Waals surface area contributed by atoms with E-state index < -0.39 is 20.9 Å². The van der Waals surface area contributed by atoms with E-state index in [-0.39, 0.29) is 17.9 Å². The molecule has 1 aliphatic heterocycles. The summed E-state index contributed by atoms with van der Waals surface area (Å²) in [5.74, 6) is 0.502. The van der Waals surface area contributed by atoms with Crippen LogP contribution in [-0.2, 0) is 35.7 Å². The minimum absolute atomic E-state index is 0.0750. The van der Waals surface area contributed by atoms with Crippen LogP contribution in [0.4, 0.5) is 0 Å². The van der Waals surface area contributed by atoms with Crippen molar-refractivity contribution in [2.24, 2.45) is 10.8 Å². The Kier molecular flexibility index (Phi) is 13.0. The van der Waals surface area contributed by atoms with Crippen molar-refractivity contribution in [1.29, 1.82) is 0 Å². The number of rotatable bonds is 9. The lowest BCUT2D eigenvalue weighted by Crippen LogP contribution is -2.31. The van der Waals surface area contributed by atoms with Crippen molar-refractivity contribution in [2.45, 2.75) is 118 Å². The van der Waals surface area contributed by atoms with Crippen LogP contribution in [0.25, 0.3) is 0 Å². The van der Waals surface area contributed by atoms with Crippen LogP contribution in [0.1, 0.15) is 134 Å². The lowest BCUT2D eigenvalue weighted by atomic mass is 9.95. The van der Waals surface area contributed by atoms with E-state index in [1.807, 2.05) is 65.8 Å². The second-order valence-electron chi connectivity index (χ2n) is 16.0. The van der Waals surface area contributed by atoms with Crippen molar-refractivity contribution in [1.82, 2.24) is 23.9 Å². The van der Waals surface area contributed by atoms with E-state index in [1.165, 1.54) is 57.1 Å². The molecule has 1 atom stereocenters. The van der Waals surface area contributed by atoms with Gasteiger partial charge >= 0.3 is 0 Å². The van der Waals surface area contributed by atoms with Crippen LogP contribution in [0.5, 0.6) is 0 Å².